The third-order valence-corrected chi connectivity index (χ3v) is 4.03. The molecule has 0 aromatic heterocycles. The highest BCUT2D eigenvalue weighted by molar-refractivity contribution is 7.97. The van der Waals surface area contributed by atoms with Crippen LogP contribution in [0.2, 0.25) is 0 Å². The van der Waals surface area contributed by atoms with Crippen LogP contribution in [0.15, 0.2) is 24.0 Å². The Morgan fingerprint density at radius 3 is 1.21 bits per heavy atom. The first-order valence-electron chi connectivity index (χ1n) is 3.95. The fraction of sp³-hybridized carbons (Fsp3) is 0.500. The summed E-state index contributed by atoms with van der Waals surface area (Å²) < 4.78 is 41.0. The Kier molecular flexibility index (Phi) is 7.67. The van der Waals surface area contributed by atoms with Crippen molar-refractivity contribution in [2.75, 3.05) is 11.5 Å². The van der Waals surface area contributed by atoms with Crippen LogP contribution in [-0.2, 0) is 19.7 Å². The van der Waals surface area contributed by atoms with Crippen LogP contribution in [0.25, 0.3) is 0 Å². The van der Waals surface area contributed by atoms with Crippen LogP contribution in [-0.4, -0.2) is 28.3 Å². The van der Waals surface area contributed by atoms with E-state index in [0.717, 1.165) is 10.8 Å². The first-order chi connectivity index (χ1) is 6.24. The summed E-state index contributed by atoms with van der Waals surface area (Å²) in [6.07, 6.45) is 0. The molecule has 0 fully saturated rings. The Morgan fingerprint density at radius 2 is 1.21 bits per heavy atom. The normalized spacial score (nSPS) is 11.0. The highest BCUT2D eigenvalue weighted by Gasteiger charge is 1.99. The highest BCUT2D eigenvalue weighted by Crippen LogP contribution is 1.87. The maximum absolute atomic E-state index is 10.4. The second kappa shape index (κ2) is 6.78. The summed E-state index contributed by atoms with van der Waals surface area (Å²) in [5.41, 5.74) is 0. The molecule has 14 heavy (non-hydrogen) atoms. The summed E-state index contributed by atoms with van der Waals surface area (Å²) in [6.45, 7) is 9.39. The van der Waals surface area contributed by atoms with Crippen LogP contribution in [0.5, 0.6) is 0 Å². The van der Waals surface area contributed by atoms with E-state index in [9.17, 15) is 16.8 Å². The van der Waals surface area contributed by atoms with Gasteiger partial charge < -0.3 is 0 Å². The fourth-order valence-electron chi connectivity index (χ4n) is 0.272. The average Bonchev–Trinajstić information content (AvgIpc) is 2.19. The number of sulfone groups is 2. The summed E-state index contributed by atoms with van der Waals surface area (Å²) >= 11 is 0. The van der Waals surface area contributed by atoms with Crippen LogP contribution in [0.4, 0.5) is 0 Å². The van der Waals surface area contributed by atoms with Gasteiger partial charge in [0.1, 0.15) is 9.84 Å². The predicted octanol–water partition coefficient (Wildman–Crippen LogP) is 1.13. The lowest BCUT2D eigenvalue weighted by Gasteiger charge is -1.89. The maximum atomic E-state index is 10.4. The minimum absolute atomic E-state index is 0.267. The Hall–Kier alpha value is -0.620. The van der Waals surface area contributed by atoms with Gasteiger partial charge in [0.05, 0.1) is 0 Å². The zero-order valence-electron chi connectivity index (χ0n) is 8.43. The second-order valence-electron chi connectivity index (χ2n) is 2.24. The van der Waals surface area contributed by atoms with Gasteiger partial charge in [0.25, 0.3) is 0 Å². The molecule has 0 aliphatic heterocycles. The Morgan fingerprint density at radius 1 is 0.929 bits per heavy atom. The van der Waals surface area contributed by atoms with Crippen LogP contribution in [0.1, 0.15) is 13.8 Å². The van der Waals surface area contributed by atoms with Gasteiger partial charge in [-0.15, -0.1) is 0 Å². The van der Waals surface area contributed by atoms with Crippen molar-refractivity contribution in [3.63, 3.8) is 0 Å². The summed E-state index contributed by atoms with van der Waals surface area (Å²) in [4.78, 5) is 0. The standard InChI is InChI=1S/C4H10O2S.C4H6O2S/c2*1-3-7(5,6)4-2/h3-4H2,1-2H3;3-4H,1-2H2. The zero-order chi connectivity index (χ0) is 11.8. The van der Waals surface area contributed by atoms with Gasteiger partial charge in [-0.25, -0.2) is 16.8 Å². The Bertz CT molecular complexity index is 338. The average molecular weight is 240 g/mol. The topological polar surface area (TPSA) is 68.3 Å². The van der Waals surface area contributed by atoms with Crippen molar-refractivity contribution in [1.82, 2.24) is 0 Å². The van der Waals surface area contributed by atoms with Gasteiger partial charge >= 0.3 is 0 Å². The predicted molar refractivity (Wildman–Crippen MR) is 59.3 cm³/mol. The van der Waals surface area contributed by atoms with E-state index in [1.54, 1.807) is 13.8 Å². The smallest absolute Gasteiger partial charge is 0.191 e. The molecule has 0 radical (unpaired) electrons. The summed E-state index contributed by atoms with van der Waals surface area (Å²) in [5.74, 6) is 0.535. The largest absolute Gasteiger partial charge is 0.229 e. The minimum Gasteiger partial charge on any atom is -0.229 e. The number of hydrogen-bond acceptors (Lipinski definition) is 4. The molecule has 0 saturated heterocycles. The van der Waals surface area contributed by atoms with Gasteiger partial charge in [-0.3, -0.25) is 0 Å². The van der Waals surface area contributed by atoms with Crippen molar-refractivity contribution in [1.29, 1.82) is 0 Å². The van der Waals surface area contributed by atoms with E-state index in [1.807, 2.05) is 0 Å². The number of rotatable bonds is 4. The molecule has 0 bridgehead atoms. The molecule has 4 nitrogen and oxygen atoms in total. The van der Waals surface area contributed by atoms with Crippen molar-refractivity contribution in [2.24, 2.45) is 0 Å². The summed E-state index contributed by atoms with van der Waals surface area (Å²) in [6, 6.07) is 0. The molecule has 0 rings (SSSR count). The van der Waals surface area contributed by atoms with Gasteiger partial charge in [0.2, 0.25) is 0 Å². The molecule has 0 aliphatic rings. The van der Waals surface area contributed by atoms with Crippen LogP contribution in [0.3, 0.4) is 0 Å². The quantitative estimate of drug-likeness (QED) is 0.738. The maximum Gasteiger partial charge on any atom is 0.191 e. The van der Waals surface area contributed by atoms with Crippen LogP contribution < -0.4 is 0 Å². The molecule has 0 heterocycles. The van der Waals surface area contributed by atoms with Crippen molar-refractivity contribution >= 4 is 19.7 Å². The molecule has 0 amide bonds. The third kappa shape index (κ3) is 9.47. The van der Waals surface area contributed by atoms with E-state index < -0.39 is 19.7 Å². The van der Waals surface area contributed by atoms with Crippen LogP contribution >= 0.6 is 0 Å². The molecule has 0 atom stereocenters. The molecule has 0 unspecified atom stereocenters. The van der Waals surface area contributed by atoms with E-state index in [-0.39, 0.29) is 11.5 Å². The molecule has 0 saturated carbocycles. The van der Waals surface area contributed by atoms with Crippen molar-refractivity contribution in [3.8, 4) is 0 Å². The van der Waals surface area contributed by atoms with Gasteiger partial charge in [-0.2, -0.15) is 0 Å². The van der Waals surface area contributed by atoms with Gasteiger partial charge in [0, 0.05) is 22.3 Å². The fourth-order valence-corrected chi connectivity index (χ4v) is 0.816. The third-order valence-electron chi connectivity index (χ3n) is 1.34. The second-order valence-corrected chi connectivity index (χ2v) is 6.73. The molecule has 84 valence electrons. The molecular weight excluding hydrogens is 224 g/mol. The molecule has 0 N–H and O–H groups in total. The summed E-state index contributed by atoms with van der Waals surface area (Å²) in [5, 5.41) is 1.69. The monoisotopic (exact) mass is 240 g/mol. The van der Waals surface area contributed by atoms with Gasteiger partial charge in [-0.05, 0) is 0 Å². The lowest BCUT2D eigenvalue weighted by Crippen LogP contribution is -2.04. The number of hydrogen-bond donors (Lipinski definition) is 0. The molecular formula is C8H16O4S2. The van der Waals surface area contributed by atoms with Crippen molar-refractivity contribution < 1.29 is 16.8 Å². The van der Waals surface area contributed by atoms with E-state index >= 15 is 0 Å². The minimum atomic E-state index is -3.13. The SMILES string of the molecule is C=CS(=O)(=O)C=C.CCS(=O)(=O)CC. The molecule has 6 heteroatoms. The van der Waals surface area contributed by atoms with E-state index in [2.05, 4.69) is 13.2 Å². The van der Waals surface area contributed by atoms with Crippen LogP contribution in [0, 0.1) is 0 Å². The highest BCUT2D eigenvalue weighted by atomic mass is 32.2. The molecule has 0 aromatic carbocycles. The Balaban J connectivity index is 0. The van der Waals surface area contributed by atoms with E-state index in [0.29, 0.717) is 0 Å². The van der Waals surface area contributed by atoms with Gasteiger partial charge in [0.15, 0.2) is 9.84 Å². The van der Waals surface area contributed by atoms with Crippen molar-refractivity contribution in [3.05, 3.63) is 24.0 Å². The lowest BCUT2D eigenvalue weighted by molar-refractivity contribution is 0.598. The molecule has 0 aliphatic carbocycles. The van der Waals surface area contributed by atoms with Gasteiger partial charge in [-0.1, -0.05) is 27.0 Å². The van der Waals surface area contributed by atoms with E-state index in [4.69, 9.17) is 0 Å². The zero-order valence-corrected chi connectivity index (χ0v) is 10.1. The first-order valence-corrected chi connectivity index (χ1v) is 7.38. The Labute approximate surface area is 86.2 Å². The molecule has 0 spiro atoms. The molecule has 0 aromatic rings. The summed E-state index contributed by atoms with van der Waals surface area (Å²) in [7, 11) is -5.79. The first kappa shape index (κ1) is 15.8. The van der Waals surface area contributed by atoms with E-state index in [1.165, 1.54) is 0 Å². The lowest BCUT2D eigenvalue weighted by atomic mass is 11.0. The van der Waals surface area contributed by atoms with Crippen molar-refractivity contribution in [2.45, 2.75) is 13.8 Å².